The minimum atomic E-state index is 0.193. The number of aliphatic hydroxyl groups excluding tert-OH is 1. The molecule has 1 heterocycles. The predicted molar refractivity (Wildman–Crippen MR) is 59.4 cm³/mol. The van der Waals surface area contributed by atoms with E-state index in [0.29, 0.717) is 6.04 Å². The standard InChI is InChI=1S/C11H24N2O/c1-9-5-6-12-10(8-14)7-13(9)11(2,3)4/h9-10,12,14H,5-8H2,1-4H3. The molecule has 0 amide bonds. The second kappa shape index (κ2) is 4.60. The van der Waals surface area contributed by atoms with Gasteiger partial charge >= 0.3 is 0 Å². The zero-order valence-electron chi connectivity index (χ0n) is 9.88. The summed E-state index contributed by atoms with van der Waals surface area (Å²) in [5.41, 5.74) is 0.193. The number of rotatable bonds is 1. The van der Waals surface area contributed by atoms with E-state index in [1.807, 2.05) is 0 Å². The van der Waals surface area contributed by atoms with Gasteiger partial charge in [0.1, 0.15) is 0 Å². The van der Waals surface area contributed by atoms with Crippen LogP contribution in [-0.4, -0.2) is 47.3 Å². The maximum atomic E-state index is 9.20. The van der Waals surface area contributed by atoms with Crippen LogP contribution in [0.15, 0.2) is 0 Å². The molecule has 3 nitrogen and oxygen atoms in total. The van der Waals surface area contributed by atoms with Crippen LogP contribution in [0.1, 0.15) is 34.1 Å². The quantitative estimate of drug-likeness (QED) is 0.658. The molecule has 0 saturated carbocycles. The Balaban J connectivity index is 2.68. The molecule has 2 atom stereocenters. The lowest BCUT2D eigenvalue weighted by molar-refractivity contribution is 0.0791. The van der Waals surface area contributed by atoms with Crippen molar-refractivity contribution in [2.45, 2.75) is 51.7 Å². The summed E-state index contributed by atoms with van der Waals surface area (Å²) in [5.74, 6) is 0. The third-order valence-corrected chi connectivity index (χ3v) is 3.03. The Morgan fingerprint density at radius 1 is 1.43 bits per heavy atom. The SMILES string of the molecule is CC1CCNC(CO)CN1C(C)(C)C. The van der Waals surface area contributed by atoms with E-state index in [1.165, 1.54) is 0 Å². The highest BCUT2D eigenvalue weighted by Gasteiger charge is 2.30. The molecule has 0 radical (unpaired) electrons. The molecule has 0 bridgehead atoms. The van der Waals surface area contributed by atoms with Gasteiger partial charge in [-0.05, 0) is 40.7 Å². The fraction of sp³-hybridized carbons (Fsp3) is 1.00. The first kappa shape index (κ1) is 12.0. The summed E-state index contributed by atoms with van der Waals surface area (Å²) in [4.78, 5) is 2.48. The average molecular weight is 200 g/mol. The van der Waals surface area contributed by atoms with Crippen LogP contribution >= 0.6 is 0 Å². The Bertz CT molecular complexity index is 177. The van der Waals surface area contributed by atoms with Crippen molar-refractivity contribution in [1.82, 2.24) is 10.2 Å². The van der Waals surface area contributed by atoms with Crippen molar-refractivity contribution in [3.05, 3.63) is 0 Å². The Labute approximate surface area is 87.5 Å². The molecule has 84 valence electrons. The summed E-state index contributed by atoms with van der Waals surface area (Å²) in [7, 11) is 0. The highest BCUT2D eigenvalue weighted by molar-refractivity contribution is 4.87. The Morgan fingerprint density at radius 3 is 2.57 bits per heavy atom. The van der Waals surface area contributed by atoms with Gasteiger partial charge in [0.2, 0.25) is 0 Å². The lowest BCUT2D eigenvalue weighted by atomic mass is 10.0. The zero-order valence-corrected chi connectivity index (χ0v) is 9.88. The van der Waals surface area contributed by atoms with Crippen molar-refractivity contribution in [1.29, 1.82) is 0 Å². The van der Waals surface area contributed by atoms with Crippen LogP contribution in [0.25, 0.3) is 0 Å². The Kier molecular flexibility index (Phi) is 3.93. The van der Waals surface area contributed by atoms with Gasteiger partial charge in [-0.3, -0.25) is 4.90 Å². The third kappa shape index (κ3) is 2.94. The van der Waals surface area contributed by atoms with Gasteiger partial charge < -0.3 is 10.4 Å². The van der Waals surface area contributed by atoms with Gasteiger partial charge in [0.05, 0.1) is 6.61 Å². The van der Waals surface area contributed by atoms with Crippen LogP contribution in [0.5, 0.6) is 0 Å². The van der Waals surface area contributed by atoms with Crippen LogP contribution in [0.4, 0.5) is 0 Å². The molecular formula is C11H24N2O. The number of hydrogen-bond acceptors (Lipinski definition) is 3. The minimum absolute atomic E-state index is 0.193. The topological polar surface area (TPSA) is 35.5 Å². The van der Waals surface area contributed by atoms with Crippen LogP contribution in [0, 0.1) is 0 Å². The average Bonchev–Trinajstić information content (AvgIpc) is 2.25. The van der Waals surface area contributed by atoms with Gasteiger partial charge in [0.25, 0.3) is 0 Å². The molecule has 1 fully saturated rings. The van der Waals surface area contributed by atoms with E-state index in [2.05, 4.69) is 37.9 Å². The molecule has 2 unspecified atom stereocenters. The molecular weight excluding hydrogens is 176 g/mol. The number of nitrogens with one attached hydrogen (secondary N) is 1. The van der Waals surface area contributed by atoms with E-state index >= 15 is 0 Å². The van der Waals surface area contributed by atoms with Gasteiger partial charge in [-0.15, -0.1) is 0 Å². The van der Waals surface area contributed by atoms with E-state index in [0.717, 1.165) is 19.5 Å². The number of hydrogen-bond donors (Lipinski definition) is 2. The molecule has 0 spiro atoms. The molecule has 1 aliphatic heterocycles. The summed E-state index contributed by atoms with van der Waals surface area (Å²) in [5, 5.41) is 12.6. The van der Waals surface area contributed by atoms with Crippen LogP contribution in [0.2, 0.25) is 0 Å². The van der Waals surface area contributed by atoms with Crippen LogP contribution in [0.3, 0.4) is 0 Å². The third-order valence-electron chi connectivity index (χ3n) is 3.03. The van der Waals surface area contributed by atoms with Crippen molar-refractivity contribution < 1.29 is 5.11 Å². The molecule has 3 heteroatoms. The highest BCUT2D eigenvalue weighted by atomic mass is 16.3. The smallest absolute Gasteiger partial charge is 0.0597 e. The molecule has 0 aromatic carbocycles. The van der Waals surface area contributed by atoms with E-state index in [4.69, 9.17) is 0 Å². The van der Waals surface area contributed by atoms with E-state index in [9.17, 15) is 5.11 Å². The molecule has 2 N–H and O–H groups in total. The van der Waals surface area contributed by atoms with Crippen molar-refractivity contribution >= 4 is 0 Å². The first-order valence-corrected chi connectivity index (χ1v) is 5.56. The maximum Gasteiger partial charge on any atom is 0.0597 e. The molecule has 0 aromatic heterocycles. The van der Waals surface area contributed by atoms with Gasteiger partial charge in [-0.25, -0.2) is 0 Å². The summed E-state index contributed by atoms with van der Waals surface area (Å²) < 4.78 is 0. The maximum absolute atomic E-state index is 9.20. The fourth-order valence-electron chi connectivity index (χ4n) is 2.19. The molecule has 1 saturated heterocycles. The lowest BCUT2D eigenvalue weighted by Crippen LogP contribution is -2.50. The molecule has 1 rings (SSSR count). The van der Waals surface area contributed by atoms with Gasteiger partial charge in [0.15, 0.2) is 0 Å². The molecule has 0 aromatic rings. The van der Waals surface area contributed by atoms with Crippen molar-refractivity contribution in [3.63, 3.8) is 0 Å². The monoisotopic (exact) mass is 200 g/mol. The normalized spacial score (nSPS) is 31.5. The lowest BCUT2D eigenvalue weighted by Gasteiger charge is -2.40. The van der Waals surface area contributed by atoms with Crippen LogP contribution in [-0.2, 0) is 0 Å². The van der Waals surface area contributed by atoms with E-state index in [-0.39, 0.29) is 18.2 Å². The molecule has 0 aliphatic carbocycles. The second-order valence-electron chi connectivity index (χ2n) is 5.29. The predicted octanol–water partition coefficient (Wildman–Crippen LogP) is 0.830. The minimum Gasteiger partial charge on any atom is -0.395 e. The molecule has 14 heavy (non-hydrogen) atoms. The summed E-state index contributed by atoms with van der Waals surface area (Å²) in [6.45, 7) is 11.2. The fourth-order valence-corrected chi connectivity index (χ4v) is 2.19. The van der Waals surface area contributed by atoms with Crippen molar-refractivity contribution in [2.75, 3.05) is 19.7 Å². The summed E-state index contributed by atoms with van der Waals surface area (Å²) in [6, 6.07) is 0.832. The van der Waals surface area contributed by atoms with E-state index in [1.54, 1.807) is 0 Å². The second-order valence-corrected chi connectivity index (χ2v) is 5.29. The van der Waals surface area contributed by atoms with Crippen LogP contribution < -0.4 is 5.32 Å². The summed E-state index contributed by atoms with van der Waals surface area (Å²) >= 11 is 0. The van der Waals surface area contributed by atoms with Gasteiger partial charge in [-0.1, -0.05) is 0 Å². The highest BCUT2D eigenvalue weighted by Crippen LogP contribution is 2.20. The van der Waals surface area contributed by atoms with Gasteiger partial charge in [-0.2, -0.15) is 0 Å². The first-order valence-electron chi connectivity index (χ1n) is 5.56. The van der Waals surface area contributed by atoms with Crippen molar-refractivity contribution in [2.24, 2.45) is 0 Å². The Hall–Kier alpha value is -0.120. The first-order chi connectivity index (χ1) is 6.45. The van der Waals surface area contributed by atoms with Gasteiger partial charge in [0, 0.05) is 24.2 Å². The number of aliphatic hydroxyl groups is 1. The zero-order chi connectivity index (χ0) is 10.8. The largest absolute Gasteiger partial charge is 0.395 e. The molecule has 1 aliphatic rings. The van der Waals surface area contributed by atoms with E-state index < -0.39 is 0 Å². The number of nitrogens with zero attached hydrogens (tertiary/aromatic N) is 1. The van der Waals surface area contributed by atoms with Crippen molar-refractivity contribution in [3.8, 4) is 0 Å². The summed E-state index contributed by atoms with van der Waals surface area (Å²) in [6.07, 6.45) is 1.16. The Morgan fingerprint density at radius 2 is 2.07 bits per heavy atom.